The van der Waals surface area contributed by atoms with Crippen molar-refractivity contribution < 1.29 is 19.1 Å². The molecule has 1 aromatic heterocycles. The molecule has 0 saturated heterocycles. The third-order valence-corrected chi connectivity index (χ3v) is 3.42. The molecule has 7 heteroatoms. The smallest absolute Gasteiger partial charge is 0.289 e. The number of primary amides is 1. The van der Waals surface area contributed by atoms with E-state index in [4.69, 9.17) is 10.5 Å². The van der Waals surface area contributed by atoms with Crippen LogP contribution >= 0.6 is 0 Å². The number of methoxy groups -OCH3 is 1. The SMILES string of the molecule is COCCCNC(=O)Cn1cc(C(=O)C(N)=O)c2ccccc21. The first kappa shape index (κ1) is 16.7. The zero-order valence-electron chi connectivity index (χ0n) is 12.9. The van der Waals surface area contributed by atoms with Crippen LogP contribution in [0.2, 0.25) is 0 Å². The molecule has 0 fully saturated rings. The Hall–Kier alpha value is -2.67. The van der Waals surface area contributed by atoms with Gasteiger partial charge < -0.3 is 20.4 Å². The number of nitrogens with one attached hydrogen (secondary N) is 1. The molecule has 1 heterocycles. The number of rotatable bonds is 8. The fraction of sp³-hybridized carbons (Fsp3) is 0.312. The molecule has 3 N–H and O–H groups in total. The summed E-state index contributed by atoms with van der Waals surface area (Å²) in [7, 11) is 1.60. The molecule has 7 nitrogen and oxygen atoms in total. The summed E-state index contributed by atoms with van der Waals surface area (Å²) in [5.74, 6) is -1.96. The molecular formula is C16H19N3O4. The third kappa shape index (κ3) is 3.95. The van der Waals surface area contributed by atoms with E-state index in [1.807, 2.05) is 0 Å². The van der Waals surface area contributed by atoms with E-state index in [1.165, 1.54) is 6.20 Å². The van der Waals surface area contributed by atoms with Crippen LogP contribution < -0.4 is 11.1 Å². The summed E-state index contributed by atoms with van der Waals surface area (Å²) in [6.45, 7) is 1.14. The summed E-state index contributed by atoms with van der Waals surface area (Å²) in [5.41, 5.74) is 5.98. The number of ether oxygens (including phenoxy) is 1. The van der Waals surface area contributed by atoms with Crippen molar-refractivity contribution >= 4 is 28.5 Å². The highest BCUT2D eigenvalue weighted by molar-refractivity contribution is 6.44. The van der Waals surface area contributed by atoms with E-state index < -0.39 is 11.7 Å². The van der Waals surface area contributed by atoms with Crippen LogP contribution in [0.5, 0.6) is 0 Å². The first-order valence-electron chi connectivity index (χ1n) is 7.22. The molecule has 122 valence electrons. The predicted molar refractivity (Wildman–Crippen MR) is 85.0 cm³/mol. The quantitative estimate of drug-likeness (QED) is 0.419. The van der Waals surface area contributed by atoms with Crippen LogP contribution in [-0.4, -0.2) is 42.4 Å². The van der Waals surface area contributed by atoms with Crippen LogP contribution in [0.3, 0.4) is 0 Å². The molecule has 0 aliphatic heterocycles. The molecule has 2 aromatic rings. The van der Waals surface area contributed by atoms with Gasteiger partial charge in [-0.25, -0.2) is 0 Å². The Morgan fingerprint density at radius 1 is 1.26 bits per heavy atom. The molecule has 0 spiro atoms. The summed E-state index contributed by atoms with van der Waals surface area (Å²) in [6, 6.07) is 7.06. The normalized spacial score (nSPS) is 10.7. The number of nitrogens with zero attached hydrogens (tertiary/aromatic N) is 1. The first-order valence-corrected chi connectivity index (χ1v) is 7.22. The number of hydrogen-bond acceptors (Lipinski definition) is 4. The number of benzene rings is 1. The first-order chi connectivity index (χ1) is 11.0. The maximum atomic E-state index is 12.0. The minimum Gasteiger partial charge on any atom is -0.385 e. The largest absolute Gasteiger partial charge is 0.385 e. The summed E-state index contributed by atoms with van der Waals surface area (Å²) in [4.78, 5) is 35.0. The van der Waals surface area contributed by atoms with Gasteiger partial charge >= 0.3 is 0 Å². The minimum absolute atomic E-state index is 0.0551. The lowest BCUT2D eigenvalue weighted by Gasteiger charge is -2.07. The van der Waals surface area contributed by atoms with Gasteiger partial charge in [0.25, 0.3) is 11.7 Å². The molecule has 0 saturated carbocycles. The van der Waals surface area contributed by atoms with E-state index in [0.29, 0.717) is 24.1 Å². The van der Waals surface area contributed by atoms with E-state index >= 15 is 0 Å². The Kier molecular flexibility index (Phi) is 5.48. The van der Waals surface area contributed by atoms with Gasteiger partial charge in [0.1, 0.15) is 6.54 Å². The summed E-state index contributed by atoms with van der Waals surface area (Å²) < 4.78 is 6.55. The standard InChI is InChI=1S/C16H19N3O4/c1-23-8-4-7-18-14(20)10-19-9-12(15(21)16(17)22)11-5-2-3-6-13(11)19/h2-3,5-6,9H,4,7-8,10H2,1H3,(H2,17,22)(H,18,20). The van der Waals surface area contributed by atoms with Crippen molar-refractivity contribution in [3.05, 3.63) is 36.0 Å². The molecule has 0 radical (unpaired) electrons. The van der Waals surface area contributed by atoms with Gasteiger partial charge in [-0.1, -0.05) is 18.2 Å². The average molecular weight is 317 g/mol. The number of carbonyl (C=O) groups excluding carboxylic acids is 3. The number of nitrogens with two attached hydrogens (primary N) is 1. The van der Waals surface area contributed by atoms with Crippen molar-refractivity contribution in [3.8, 4) is 0 Å². The maximum Gasteiger partial charge on any atom is 0.289 e. The monoisotopic (exact) mass is 317 g/mol. The van der Waals surface area contributed by atoms with Crippen LogP contribution in [0.25, 0.3) is 10.9 Å². The molecule has 0 unspecified atom stereocenters. The summed E-state index contributed by atoms with van der Waals surface area (Å²) >= 11 is 0. The number of para-hydroxylation sites is 1. The minimum atomic E-state index is -1.02. The average Bonchev–Trinajstić information content (AvgIpc) is 2.89. The van der Waals surface area contributed by atoms with Crippen molar-refractivity contribution in [2.45, 2.75) is 13.0 Å². The van der Waals surface area contributed by atoms with Gasteiger partial charge in [0.15, 0.2) is 0 Å². The van der Waals surface area contributed by atoms with Crippen molar-refractivity contribution in [1.82, 2.24) is 9.88 Å². The van der Waals surface area contributed by atoms with Crippen LogP contribution in [-0.2, 0) is 20.9 Å². The summed E-state index contributed by atoms with van der Waals surface area (Å²) in [6.07, 6.45) is 2.21. The van der Waals surface area contributed by atoms with Crippen LogP contribution in [0.1, 0.15) is 16.8 Å². The maximum absolute atomic E-state index is 12.0. The highest BCUT2D eigenvalue weighted by Gasteiger charge is 2.19. The highest BCUT2D eigenvalue weighted by Crippen LogP contribution is 2.21. The molecule has 0 atom stereocenters. The zero-order chi connectivity index (χ0) is 16.8. The van der Waals surface area contributed by atoms with Crippen molar-refractivity contribution in [3.63, 3.8) is 0 Å². The molecule has 0 bridgehead atoms. The fourth-order valence-corrected chi connectivity index (χ4v) is 2.35. The van der Waals surface area contributed by atoms with Crippen LogP contribution in [0, 0.1) is 0 Å². The van der Waals surface area contributed by atoms with Gasteiger partial charge in [-0.3, -0.25) is 14.4 Å². The van der Waals surface area contributed by atoms with E-state index in [-0.39, 0.29) is 18.0 Å². The second-order valence-electron chi connectivity index (χ2n) is 5.08. The molecule has 0 aliphatic rings. The Morgan fingerprint density at radius 3 is 2.70 bits per heavy atom. The zero-order valence-corrected chi connectivity index (χ0v) is 12.9. The Labute approximate surface area is 133 Å². The number of amides is 2. The number of hydrogen-bond donors (Lipinski definition) is 2. The van der Waals surface area contributed by atoms with Crippen molar-refractivity contribution in [1.29, 1.82) is 0 Å². The second-order valence-corrected chi connectivity index (χ2v) is 5.08. The van der Waals surface area contributed by atoms with Crippen LogP contribution in [0.4, 0.5) is 0 Å². The highest BCUT2D eigenvalue weighted by atomic mass is 16.5. The number of aromatic nitrogens is 1. The third-order valence-electron chi connectivity index (χ3n) is 3.42. The second kappa shape index (κ2) is 7.55. The molecular weight excluding hydrogens is 298 g/mol. The molecule has 2 rings (SSSR count). The lowest BCUT2D eigenvalue weighted by molar-refractivity contribution is -0.121. The van der Waals surface area contributed by atoms with Crippen LogP contribution in [0.15, 0.2) is 30.5 Å². The number of fused-ring (bicyclic) bond motifs is 1. The molecule has 2 amide bonds. The molecule has 0 aliphatic carbocycles. The van der Waals surface area contributed by atoms with Gasteiger partial charge in [-0.15, -0.1) is 0 Å². The van der Waals surface area contributed by atoms with E-state index in [9.17, 15) is 14.4 Å². The predicted octanol–water partition coefficient (Wildman–Crippen LogP) is 0.462. The van der Waals surface area contributed by atoms with Crippen molar-refractivity contribution in [2.24, 2.45) is 5.73 Å². The van der Waals surface area contributed by atoms with Gasteiger partial charge in [-0.2, -0.15) is 0 Å². The van der Waals surface area contributed by atoms with E-state index in [1.54, 1.807) is 35.9 Å². The number of carbonyl (C=O) groups is 3. The topological polar surface area (TPSA) is 103 Å². The Balaban J connectivity index is 2.19. The number of Topliss-reactive ketones (excluding diaryl/α,β-unsaturated/α-hetero) is 1. The van der Waals surface area contributed by atoms with Gasteiger partial charge in [0.05, 0.1) is 5.56 Å². The lowest BCUT2D eigenvalue weighted by atomic mass is 10.1. The Morgan fingerprint density at radius 2 is 2.00 bits per heavy atom. The number of ketones is 1. The van der Waals surface area contributed by atoms with Gasteiger partial charge in [0.2, 0.25) is 5.91 Å². The van der Waals surface area contributed by atoms with Crippen molar-refractivity contribution in [2.75, 3.05) is 20.3 Å². The summed E-state index contributed by atoms with van der Waals surface area (Å²) in [5, 5.41) is 3.38. The van der Waals surface area contributed by atoms with Gasteiger partial charge in [-0.05, 0) is 12.5 Å². The fourth-order valence-electron chi connectivity index (χ4n) is 2.35. The Bertz CT molecular complexity index is 736. The van der Waals surface area contributed by atoms with Gasteiger partial charge in [0, 0.05) is 37.4 Å². The van der Waals surface area contributed by atoms with E-state index in [0.717, 1.165) is 6.42 Å². The molecule has 23 heavy (non-hydrogen) atoms. The van der Waals surface area contributed by atoms with E-state index in [2.05, 4.69) is 5.32 Å². The molecule has 1 aromatic carbocycles. The lowest BCUT2D eigenvalue weighted by Crippen LogP contribution is -2.28.